The molecule has 7 heteroatoms. The monoisotopic (exact) mass is 245 g/mol. The number of hydrogen-bond donors (Lipinski definition) is 1. The molecule has 1 amide bonds. The van der Waals surface area contributed by atoms with Crippen LogP contribution in [0, 0.1) is 0 Å². The van der Waals surface area contributed by atoms with Crippen LogP contribution in [0.5, 0.6) is 0 Å². The Kier molecular flexibility index (Phi) is 2.76. The topological polar surface area (TPSA) is 54.9 Å². The summed E-state index contributed by atoms with van der Waals surface area (Å²) in [5.41, 5.74) is 1.99. The van der Waals surface area contributed by atoms with Gasteiger partial charge in [0, 0.05) is 5.38 Å². The summed E-state index contributed by atoms with van der Waals surface area (Å²) in [6, 6.07) is 0. The van der Waals surface area contributed by atoms with Gasteiger partial charge >= 0.3 is 0 Å². The fourth-order valence-corrected chi connectivity index (χ4v) is 2.14. The maximum absolute atomic E-state index is 11.4. The number of amides is 1. The summed E-state index contributed by atoms with van der Waals surface area (Å²) in [6.45, 7) is 0. The molecular formula is C7H4ClN3OS2. The number of aromatic nitrogens is 2. The van der Waals surface area contributed by atoms with Crippen LogP contribution in [-0.2, 0) is 0 Å². The molecule has 0 aliphatic rings. The molecule has 72 valence electrons. The third-order valence-corrected chi connectivity index (χ3v) is 2.98. The minimum atomic E-state index is -0.266. The molecule has 14 heavy (non-hydrogen) atoms. The summed E-state index contributed by atoms with van der Waals surface area (Å²) in [5, 5.41) is 4.74. The molecule has 4 nitrogen and oxygen atoms in total. The maximum atomic E-state index is 11.4. The van der Waals surface area contributed by atoms with Crippen molar-refractivity contribution in [2.75, 3.05) is 5.32 Å². The molecule has 2 heterocycles. The summed E-state index contributed by atoms with van der Waals surface area (Å²) in [6.07, 6.45) is 1.49. The van der Waals surface area contributed by atoms with Gasteiger partial charge in [-0.1, -0.05) is 22.9 Å². The van der Waals surface area contributed by atoms with Crippen molar-refractivity contribution in [2.24, 2.45) is 0 Å². The Morgan fingerprint density at radius 1 is 1.50 bits per heavy atom. The zero-order chi connectivity index (χ0) is 9.97. The first-order valence-electron chi connectivity index (χ1n) is 3.56. The van der Waals surface area contributed by atoms with Crippen molar-refractivity contribution in [2.45, 2.75) is 0 Å². The van der Waals surface area contributed by atoms with Gasteiger partial charge in [0.1, 0.15) is 10.0 Å². The normalized spacial score (nSPS) is 10.1. The number of nitrogens with one attached hydrogen (secondary N) is 1. The maximum Gasteiger partial charge on any atom is 0.276 e. The molecule has 2 aromatic heterocycles. The molecule has 0 atom stereocenters. The van der Waals surface area contributed by atoms with Crippen molar-refractivity contribution in [3.63, 3.8) is 0 Å². The second-order valence-corrected chi connectivity index (χ2v) is 4.68. The molecule has 0 bridgehead atoms. The van der Waals surface area contributed by atoms with E-state index in [0.717, 1.165) is 0 Å². The fourth-order valence-electron chi connectivity index (χ4n) is 0.798. The third kappa shape index (κ3) is 2.09. The lowest BCUT2D eigenvalue weighted by molar-refractivity contribution is 0.102. The highest BCUT2D eigenvalue weighted by molar-refractivity contribution is 7.19. The number of halogens is 1. The Morgan fingerprint density at radius 3 is 2.93 bits per heavy atom. The van der Waals surface area contributed by atoms with Gasteiger partial charge in [-0.25, -0.2) is 9.97 Å². The largest absolute Gasteiger partial charge is 0.296 e. The summed E-state index contributed by atoms with van der Waals surface area (Å²) in [7, 11) is 0. The first kappa shape index (κ1) is 9.57. The number of hydrogen-bond acceptors (Lipinski definition) is 5. The first-order valence-corrected chi connectivity index (χ1v) is 5.70. The van der Waals surface area contributed by atoms with Crippen LogP contribution >= 0.6 is 34.3 Å². The molecule has 0 unspecified atom stereocenters. The minimum absolute atomic E-state index is 0.266. The molecule has 1 N–H and O–H groups in total. The van der Waals surface area contributed by atoms with E-state index in [1.54, 1.807) is 10.9 Å². The molecule has 0 aromatic carbocycles. The molecule has 0 saturated carbocycles. The Bertz CT molecular complexity index is 439. The SMILES string of the molecule is O=C(Nc1ncc(Cl)s1)c1cscn1. The molecule has 0 aliphatic carbocycles. The van der Waals surface area contributed by atoms with Crippen molar-refractivity contribution < 1.29 is 4.79 Å². The van der Waals surface area contributed by atoms with Gasteiger partial charge in [-0.05, 0) is 0 Å². The molecule has 0 saturated heterocycles. The highest BCUT2D eigenvalue weighted by atomic mass is 35.5. The van der Waals surface area contributed by atoms with Crippen LogP contribution < -0.4 is 5.32 Å². The van der Waals surface area contributed by atoms with Gasteiger partial charge in [-0.2, -0.15) is 0 Å². The van der Waals surface area contributed by atoms with E-state index in [4.69, 9.17) is 11.6 Å². The summed E-state index contributed by atoms with van der Waals surface area (Å²) in [4.78, 5) is 19.2. The Morgan fingerprint density at radius 2 is 2.36 bits per heavy atom. The van der Waals surface area contributed by atoms with Crippen LogP contribution in [0.2, 0.25) is 4.34 Å². The second-order valence-electron chi connectivity index (χ2n) is 2.30. The van der Waals surface area contributed by atoms with Crippen molar-refractivity contribution in [1.82, 2.24) is 9.97 Å². The molecule has 0 radical (unpaired) electrons. The zero-order valence-electron chi connectivity index (χ0n) is 6.73. The van der Waals surface area contributed by atoms with Gasteiger partial charge < -0.3 is 0 Å². The average Bonchev–Trinajstić information content (AvgIpc) is 2.75. The van der Waals surface area contributed by atoms with E-state index in [1.165, 1.54) is 28.9 Å². The highest BCUT2D eigenvalue weighted by Crippen LogP contribution is 2.22. The summed E-state index contributed by atoms with van der Waals surface area (Å²) in [5.74, 6) is -0.266. The van der Waals surface area contributed by atoms with Crippen LogP contribution in [-0.4, -0.2) is 15.9 Å². The molecule has 0 aliphatic heterocycles. The van der Waals surface area contributed by atoms with Crippen LogP contribution in [0.25, 0.3) is 0 Å². The van der Waals surface area contributed by atoms with E-state index >= 15 is 0 Å². The van der Waals surface area contributed by atoms with Crippen molar-refractivity contribution in [3.05, 3.63) is 27.1 Å². The number of thiazole rings is 2. The van der Waals surface area contributed by atoms with Gasteiger partial charge in [-0.3, -0.25) is 10.1 Å². The summed E-state index contributed by atoms with van der Waals surface area (Å²) < 4.78 is 0.540. The van der Waals surface area contributed by atoms with Crippen molar-refractivity contribution >= 4 is 45.3 Å². The van der Waals surface area contributed by atoms with E-state index in [0.29, 0.717) is 15.2 Å². The number of anilines is 1. The molecular weight excluding hydrogens is 242 g/mol. The number of carbonyl (C=O) groups excluding carboxylic acids is 1. The quantitative estimate of drug-likeness (QED) is 0.885. The highest BCUT2D eigenvalue weighted by Gasteiger charge is 2.09. The minimum Gasteiger partial charge on any atom is -0.296 e. The zero-order valence-corrected chi connectivity index (χ0v) is 9.12. The predicted octanol–water partition coefficient (Wildman–Crippen LogP) is 2.51. The number of carbonyl (C=O) groups is 1. The summed E-state index contributed by atoms with van der Waals surface area (Å²) >= 11 is 8.24. The van der Waals surface area contributed by atoms with Crippen LogP contribution in [0.15, 0.2) is 17.1 Å². The smallest absolute Gasteiger partial charge is 0.276 e. The van der Waals surface area contributed by atoms with Gasteiger partial charge in [-0.15, -0.1) is 11.3 Å². The molecule has 2 rings (SSSR count). The Balaban J connectivity index is 2.09. The van der Waals surface area contributed by atoms with Gasteiger partial charge in [0.2, 0.25) is 0 Å². The first-order chi connectivity index (χ1) is 6.75. The Labute approximate surface area is 92.6 Å². The van der Waals surface area contributed by atoms with E-state index in [1.807, 2.05) is 0 Å². The standard InChI is InChI=1S/C7H4ClN3OS2/c8-5-1-9-7(14-5)11-6(12)4-2-13-3-10-4/h1-3H,(H,9,11,12). The van der Waals surface area contributed by atoms with Gasteiger partial charge in [0.25, 0.3) is 5.91 Å². The van der Waals surface area contributed by atoms with Crippen LogP contribution in [0.3, 0.4) is 0 Å². The lowest BCUT2D eigenvalue weighted by Gasteiger charge is -1.95. The van der Waals surface area contributed by atoms with Crippen molar-refractivity contribution in [3.8, 4) is 0 Å². The van der Waals surface area contributed by atoms with E-state index < -0.39 is 0 Å². The molecule has 0 fully saturated rings. The van der Waals surface area contributed by atoms with Crippen molar-refractivity contribution in [1.29, 1.82) is 0 Å². The van der Waals surface area contributed by atoms with Gasteiger partial charge in [0.05, 0.1) is 11.7 Å². The van der Waals surface area contributed by atoms with E-state index in [2.05, 4.69) is 15.3 Å². The average molecular weight is 246 g/mol. The van der Waals surface area contributed by atoms with E-state index in [9.17, 15) is 4.79 Å². The Hall–Kier alpha value is -0.980. The molecule has 2 aromatic rings. The molecule has 0 spiro atoms. The predicted molar refractivity (Wildman–Crippen MR) is 57.2 cm³/mol. The lowest BCUT2D eigenvalue weighted by atomic mass is 10.5. The van der Waals surface area contributed by atoms with E-state index in [-0.39, 0.29) is 5.91 Å². The second kappa shape index (κ2) is 4.04. The van der Waals surface area contributed by atoms with Gasteiger partial charge in [0.15, 0.2) is 5.13 Å². The third-order valence-electron chi connectivity index (χ3n) is 1.36. The fraction of sp³-hybridized carbons (Fsp3) is 0. The van der Waals surface area contributed by atoms with Crippen LogP contribution in [0.1, 0.15) is 10.5 Å². The lowest BCUT2D eigenvalue weighted by Crippen LogP contribution is -2.11. The number of nitrogens with zero attached hydrogens (tertiary/aromatic N) is 2. The van der Waals surface area contributed by atoms with Crippen LogP contribution in [0.4, 0.5) is 5.13 Å². The number of rotatable bonds is 2.